The minimum Gasteiger partial charge on any atom is -0.326 e. The van der Waals surface area contributed by atoms with Gasteiger partial charge in [-0.05, 0) is 60.1 Å². The molecule has 142 valence electrons. The summed E-state index contributed by atoms with van der Waals surface area (Å²) in [7, 11) is 0. The molecule has 2 amide bonds. The number of carbonyl (C=O) groups excluding carboxylic acids is 2. The maximum Gasteiger partial charge on any atom is 0.255 e. The molecule has 3 rings (SSSR count). The van der Waals surface area contributed by atoms with Crippen molar-refractivity contribution in [3.8, 4) is 0 Å². The zero-order valence-corrected chi connectivity index (χ0v) is 16.5. The highest BCUT2D eigenvalue weighted by molar-refractivity contribution is 6.05. The van der Waals surface area contributed by atoms with Crippen molar-refractivity contribution in [1.29, 1.82) is 0 Å². The van der Waals surface area contributed by atoms with Gasteiger partial charge in [-0.15, -0.1) is 0 Å². The quantitative estimate of drug-likeness (QED) is 0.707. The lowest BCUT2D eigenvalue weighted by Crippen LogP contribution is -2.16. The molecule has 1 aliphatic carbocycles. The Balaban J connectivity index is 1.78. The van der Waals surface area contributed by atoms with Crippen molar-refractivity contribution in [1.82, 2.24) is 0 Å². The average molecular weight is 364 g/mol. The van der Waals surface area contributed by atoms with Gasteiger partial charge >= 0.3 is 0 Å². The molecule has 0 atom stereocenters. The summed E-state index contributed by atoms with van der Waals surface area (Å²) in [6, 6.07) is 13.3. The van der Waals surface area contributed by atoms with Crippen LogP contribution in [-0.2, 0) is 4.79 Å². The van der Waals surface area contributed by atoms with Crippen LogP contribution >= 0.6 is 0 Å². The van der Waals surface area contributed by atoms with Crippen LogP contribution in [0.15, 0.2) is 42.5 Å². The molecule has 0 bridgehead atoms. The number of anilines is 2. The van der Waals surface area contributed by atoms with E-state index in [4.69, 9.17) is 0 Å². The lowest BCUT2D eigenvalue weighted by Gasteiger charge is -2.20. The highest BCUT2D eigenvalue weighted by Crippen LogP contribution is 2.33. The van der Waals surface area contributed by atoms with Gasteiger partial charge in [-0.2, -0.15) is 0 Å². The van der Waals surface area contributed by atoms with E-state index in [0.717, 1.165) is 35.3 Å². The first-order valence-corrected chi connectivity index (χ1v) is 9.72. The standard InChI is InChI=1S/C23H28N2O2/c1-14(2)19-6-5-7-20(15(3)4)21(19)25-23(27)17-10-12-18(13-11-17)24-22(26)16-8-9-16/h5-7,10-16H,8-9H2,1-4H3,(H,24,26)(H,25,27). The van der Waals surface area contributed by atoms with Crippen LogP contribution < -0.4 is 10.6 Å². The predicted octanol–water partition coefficient (Wildman–Crippen LogP) is 5.53. The summed E-state index contributed by atoms with van der Waals surface area (Å²) < 4.78 is 0. The molecule has 4 nitrogen and oxygen atoms in total. The van der Waals surface area contributed by atoms with Gasteiger partial charge in [0.15, 0.2) is 0 Å². The van der Waals surface area contributed by atoms with Gasteiger partial charge in [0.2, 0.25) is 5.91 Å². The van der Waals surface area contributed by atoms with Gasteiger partial charge in [0.05, 0.1) is 0 Å². The third-order valence-electron chi connectivity index (χ3n) is 4.97. The summed E-state index contributed by atoms with van der Waals surface area (Å²) in [4.78, 5) is 24.7. The minimum absolute atomic E-state index is 0.0691. The Kier molecular flexibility index (Phi) is 5.64. The van der Waals surface area contributed by atoms with Gasteiger partial charge in [-0.1, -0.05) is 45.9 Å². The first kappa shape index (κ1) is 19.2. The Morgan fingerprint density at radius 1 is 0.852 bits per heavy atom. The number of benzene rings is 2. The molecule has 0 aromatic heterocycles. The Morgan fingerprint density at radius 3 is 1.89 bits per heavy atom. The molecule has 2 aromatic rings. The van der Waals surface area contributed by atoms with E-state index in [-0.39, 0.29) is 17.7 Å². The van der Waals surface area contributed by atoms with E-state index in [1.54, 1.807) is 24.3 Å². The molecule has 0 aliphatic heterocycles. The summed E-state index contributed by atoms with van der Waals surface area (Å²) in [6.45, 7) is 8.53. The number of hydrogen-bond donors (Lipinski definition) is 2. The molecule has 27 heavy (non-hydrogen) atoms. The summed E-state index contributed by atoms with van der Waals surface area (Å²) in [5.74, 6) is 0.734. The lowest BCUT2D eigenvalue weighted by atomic mass is 9.92. The van der Waals surface area contributed by atoms with E-state index in [0.29, 0.717) is 17.4 Å². The largest absolute Gasteiger partial charge is 0.326 e. The van der Waals surface area contributed by atoms with Crippen LogP contribution in [0.2, 0.25) is 0 Å². The van der Waals surface area contributed by atoms with Crippen LogP contribution in [0.5, 0.6) is 0 Å². The molecule has 4 heteroatoms. The summed E-state index contributed by atoms with van der Waals surface area (Å²) in [6.07, 6.45) is 1.94. The van der Waals surface area contributed by atoms with Crippen molar-refractivity contribution in [2.75, 3.05) is 10.6 Å². The fourth-order valence-electron chi connectivity index (χ4n) is 3.18. The summed E-state index contributed by atoms with van der Waals surface area (Å²) in [5.41, 5.74) is 4.51. The minimum atomic E-state index is -0.134. The fourth-order valence-corrected chi connectivity index (χ4v) is 3.18. The topological polar surface area (TPSA) is 58.2 Å². The van der Waals surface area contributed by atoms with Crippen molar-refractivity contribution in [3.05, 3.63) is 59.2 Å². The molecule has 0 spiro atoms. The van der Waals surface area contributed by atoms with Gasteiger partial charge in [0.25, 0.3) is 5.91 Å². The smallest absolute Gasteiger partial charge is 0.255 e. The number of para-hydroxylation sites is 1. The number of amides is 2. The maximum absolute atomic E-state index is 12.8. The molecular formula is C23H28N2O2. The first-order valence-electron chi connectivity index (χ1n) is 9.72. The van der Waals surface area contributed by atoms with E-state index in [1.807, 2.05) is 0 Å². The van der Waals surface area contributed by atoms with Gasteiger partial charge in [0.1, 0.15) is 0 Å². The van der Waals surface area contributed by atoms with Gasteiger partial charge in [0, 0.05) is 22.9 Å². The van der Waals surface area contributed by atoms with Crippen LogP contribution in [-0.4, -0.2) is 11.8 Å². The van der Waals surface area contributed by atoms with Gasteiger partial charge < -0.3 is 10.6 Å². The van der Waals surface area contributed by atoms with E-state index in [1.165, 1.54) is 0 Å². The third kappa shape index (κ3) is 4.57. The molecule has 0 radical (unpaired) electrons. The SMILES string of the molecule is CC(C)c1cccc(C(C)C)c1NC(=O)c1ccc(NC(=O)C2CC2)cc1. The number of carbonyl (C=O) groups is 2. The van der Waals surface area contributed by atoms with Crippen molar-refractivity contribution in [2.45, 2.75) is 52.4 Å². The summed E-state index contributed by atoms with van der Waals surface area (Å²) >= 11 is 0. The van der Waals surface area contributed by atoms with Crippen LogP contribution in [0.1, 0.15) is 73.9 Å². The number of nitrogens with one attached hydrogen (secondary N) is 2. The van der Waals surface area contributed by atoms with Gasteiger partial charge in [-0.3, -0.25) is 9.59 Å². The third-order valence-corrected chi connectivity index (χ3v) is 4.97. The number of rotatable bonds is 6. The molecule has 2 N–H and O–H groups in total. The second kappa shape index (κ2) is 7.95. The molecule has 0 unspecified atom stereocenters. The molecule has 1 fully saturated rings. The fraction of sp³-hybridized carbons (Fsp3) is 0.391. The zero-order chi connectivity index (χ0) is 19.6. The monoisotopic (exact) mass is 364 g/mol. The lowest BCUT2D eigenvalue weighted by molar-refractivity contribution is -0.117. The predicted molar refractivity (Wildman–Crippen MR) is 110 cm³/mol. The van der Waals surface area contributed by atoms with E-state index >= 15 is 0 Å². The van der Waals surface area contributed by atoms with Crippen LogP contribution in [0.4, 0.5) is 11.4 Å². The average Bonchev–Trinajstić information content (AvgIpc) is 3.47. The molecule has 0 saturated heterocycles. The van der Waals surface area contributed by atoms with Crippen molar-refractivity contribution >= 4 is 23.2 Å². The molecule has 1 saturated carbocycles. The Hall–Kier alpha value is -2.62. The Labute approximate surface area is 161 Å². The van der Waals surface area contributed by atoms with E-state index in [9.17, 15) is 9.59 Å². The Morgan fingerprint density at radius 2 is 1.41 bits per heavy atom. The number of hydrogen-bond acceptors (Lipinski definition) is 2. The first-order chi connectivity index (χ1) is 12.9. The second-order valence-electron chi connectivity index (χ2n) is 7.92. The zero-order valence-electron chi connectivity index (χ0n) is 16.5. The van der Waals surface area contributed by atoms with Gasteiger partial charge in [-0.25, -0.2) is 0 Å². The summed E-state index contributed by atoms with van der Waals surface area (Å²) in [5, 5.41) is 6.02. The molecular weight excluding hydrogens is 336 g/mol. The van der Waals surface area contributed by atoms with Crippen LogP contribution in [0, 0.1) is 5.92 Å². The highest BCUT2D eigenvalue weighted by Gasteiger charge is 2.29. The Bertz CT molecular complexity index is 808. The molecule has 2 aromatic carbocycles. The van der Waals surface area contributed by atoms with Crippen LogP contribution in [0.3, 0.4) is 0 Å². The molecule has 0 heterocycles. The van der Waals surface area contributed by atoms with E-state index < -0.39 is 0 Å². The van der Waals surface area contributed by atoms with E-state index in [2.05, 4.69) is 56.5 Å². The van der Waals surface area contributed by atoms with Crippen molar-refractivity contribution < 1.29 is 9.59 Å². The van der Waals surface area contributed by atoms with Crippen molar-refractivity contribution in [2.24, 2.45) is 5.92 Å². The molecule has 1 aliphatic rings. The maximum atomic E-state index is 12.8. The highest BCUT2D eigenvalue weighted by atomic mass is 16.2. The second-order valence-corrected chi connectivity index (χ2v) is 7.92. The normalized spacial score (nSPS) is 13.7. The van der Waals surface area contributed by atoms with Crippen molar-refractivity contribution in [3.63, 3.8) is 0 Å². The van der Waals surface area contributed by atoms with Crippen LogP contribution in [0.25, 0.3) is 0 Å².